The number of para-hydroxylation sites is 4. The predicted octanol–water partition coefficient (Wildman–Crippen LogP) is 12.1. The standard InChI is InChI=1S/C52H35N5/c1-4-20-37(21-5-1)52(38-22-6-2-7-23-38,39-24-8-3-9-25-39)40-26-18-19-36(35-40)49-53-50(56-45-31-14-10-27-41(45)42-28-11-15-32-46(42)56)55-51(54-49)57-47-33-16-12-29-43(47)44-30-13-17-34-48(44)57/h1-35H/i1D,2D,4D,5D,6D,7D,10D,11D,12D,13D,14D,15D,16D,17D,18D,19D,20D,21D,22D,26D,27D,28D,29D,30D,31D,32D,33D,34D,35D. The van der Waals surface area contributed by atoms with E-state index in [1.807, 2.05) is 0 Å². The lowest BCUT2D eigenvalue weighted by Crippen LogP contribution is -2.31. The van der Waals surface area contributed by atoms with Crippen LogP contribution in [0.5, 0.6) is 0 Å². The summed E-state index contributed by atoms with van der Waals surface area (Å²) in [6.07, 6.45) is 0. The largest absolute Gasteiger partial charge is 0.278 e. The number of hydrogen-bond acceptors (Lipinski definition) is 3. The summed E-state index contributed by atoms with van der Waals surface area (Å²) in [6.45, 7) is 0. The molecule has 268 valence electrons. The summed E-state index contributed by atoms with van der Waals surface area (Å²) in [5.74, 6) is -2.95. The maximum absolute atomic E-state index is 10.5. The van der Waals surface area contributed by atoms with Crippen molar-refractivity contribution in [3.63, 3.8) is 0 Å². The number of aromatic nitrogens is 5. The second kappa shape index (κ2) is 13.3. The molecule has 11 aromatic rings. The fraction of sp³-hybridized carbons (Fsp3) is 0.0192. The van der Waals surface area contributed by atoms with Crippen LogP contribution in [0.1, 0.15) is 62.0 Å². The molecule has 0 aliphatic heterocycles. The van der Waals surface area contributed by atoms with Gasteiger partial charge in [0, 0.05) is 27.1 Å². The van der Waals surface area contributed by atoms with Crippen LogP contribution in [0, 0.1) is 0 Å². The Morgan fingerprint density at radius 3 is 1.37 bits per heavy atom. The molecule has 0 fully saturated rings. The number of fused-ring (bicyclic) bond motifs is 6. The van der Waals surface area contributed by atoms with Gasteiger partial charge in [-0.05, 0) is 52.5 Å². The zero-order valence-corrected chi connectivity index (χ0v) is 28.7. The van der Waals surface area contributed by atoms with Crippen molar-refractivity contribution in [3.05, 3.63) is 234 Å². The lowest BCUT2D eigenvalue weighted by molar-refractivity contribution is 0.745. The molecule has 3 heterocycles. The third-order valence-corrected chi connectivity index (χ3v) is 9.33. The highest BCUT2D eigenvalue weighted by atomic mass is 15.3. The highest BCUT2D eigenvalue weighted by molar-refractivity contribution is 6.10. The number of hydrogen-bond donors (Lipinski definition) is 0. The summed E-state index contributed by atoms with van der Waals surface area (Å²) in [4.78, 5) is 13.9. The van der Waals surface area contributed by atoms with E-state index in [9.17, 15) is 15.1 Å². The summed E-state index contributed by atoms with van der Waals surface area (Å²) < 4.78 is 266. The Bertz CT molecular complexity index is 4580. The molecule has 0 saturated heterocycles. The molecule has 0 aliphatic carbocycles. The molecular weight excluding hydrogens is 695 g/mol. The second-order valence-electron chi connectivity index (χ2n) is 12.3. The van der Waals surface area contributed by atoms with E-state index in [-0.39, 0.29) is 5.56 Å². The lowest BCUT2D eigenvalue weighted by atomic mass is 9.65. The molecule has 0 radical (unpaired) electrons. The van der Waals surface area contributed by atoms with E-state index in [1.165, 1.54) is 30.3 Å². The maximum atomic E-state index is 10.5. The maximum Gasteiger partial charge on any atom is 0.240 e. The molecule has 1 unspecified atom stereocenters. The third kappa shape index (κ3) is 5.13. The average Bonchev–Trinajstić information content (AvgIpc) is 0.894. The van der Waals surface area contributed by atoms with Crippen molar-refractivity contribution >= 4 is 43.6 Å². The Kier molecular flexibility index (Phi) is 3.45. The van der Waals surface area contributed by atoms with Gasteiger partial charge in [-0.1, -0.05) is 181 Å². The Balaban J connectivity index is 1.45. The van der Waals surface area contributed by atoms with Gasteiger partial charge in [0.15, 0.2) is 5.82 Å². The molecule has 0 saturated carbocycles. The van der Waals surface area contributed by atoms with Gasteiger partial charge in [0.2, 0.25) is 11.9 Å². The summed E-state index contributed by atoms with van der Waals surface area (Å²) in [5, 5.41) is -2.12. The fourth-order valence-electron chi connectivity index (χ4n) is 7.00. The van der Waals surface area contributed by atoms with Crippen molar-refractivity contribution in [1.29, 1.82) is 0 Å². The molecule has 3 aromatic heterocycles. The van der Waals surface area contributed by atoms with Crippen molar-refractivity contribution in [2.75, 3.05) is 0 Å². The second-order valence-corrected chi connectivity index (χ2v) is 12.3. The zero-order valence-electron chi connectivity index (χ0n) is 57.7. The Morgan fingerprint density at radius 1 is 0.368 bits per heavy atom. The average molecular weight is 759 g/mol. The van der Waals surface area contributed by atoms with Crippen molar-refractivity contribution in [3.8, 4) is 23.3 Å². The van der Waals surface area contributed by atoms with Gasteiger partial charge in [0.05, 0.1) is 67.2 Å². The number of rotatable bonds is 7. The smallest absolute Gasteiger partial charge is 0.240 e. The van der Waals surface area contributed by atoms with Crippen LogP contribution in [0.3, 0.4) is 0 Å². The van der Waals surface area contributed by atoms with Gasteiger partial charge >= 0.3 is 0 Å². The topological polar surface area (TPSA) is 48.5 Å². The van der Waals surface area contributed by atoms with Gasteiger partial charge in [0.1, 0.15) is 0 Å². The minimum Gasteiger partial charge on any atom is -0.278 e. The van der Waals surface area contributed by atoms with Crippen molar-refractivity contribution < 1.29 is 39.8 Å². The van der Waals surface area contributed by atoms with Crippen molar-refractivity contribution in [2.45, 2.75) is 5.41 Å². The van der Waals surface area contributed by atoms with E-state index < -0.39 is 264 Å². The normalized spacial score (nSPS) is 19.8. The summed E-state index contributed by atoms with van der Waals surface area (Å²) in [7, 11) is 0. The van der Waals surface area contributed by atoms with E-state index in [0.717, 1.165) is 15.2 Å². The SMILES string of the molecule is [2H]c1cc(C(c2ccccc2)(c2c([2H])c([2H])c([2H])c([2H])c2[2H])c2c([2H])c([2H])c([2H])c(-c3nc(-n4c5c([2H])c([2H])c([2H])c([2H])c5c5c([2H])c([2H])c([2H])c([2H])c54)nc(-n4c5c([2H])c([2H])c([2H])c([2H])c5c5c([2H])c([2H])c([2H])c([2H])c54)n3)c2[2H])c([2H])c([2H])c1[2H]. The lowest BCUT2D eigenvalue weighted by Gasteiger charge is -2.37. The highest BCUT2D eigenvalue weighted by Crippen LogP contribution is 2.46. The summed E-state index contributed by atoms with van der Waals surface area (Å²) in [5.41, 5.74) is -9.10. The van der Waals surface area contributed by atoms with Gasteiger partial charge < -0.3 is 0 Å². The molecule has 5 heteroatoms. The Hall–Kier alpha value is -7.63. The number of nitrogens with zero attached hydrogens (tertiary/aromatic N) is 5. The van der Waals surface area contributed by atoms with Crippen LogP contribution in [-0.4, -0.2) is 24.1 Å². The monoisotopic (exact) mass is 758 g/mol. The molecular formula is C52H35N5. The molecule has 8 aromatic carbocycles. The van der Waals surface area contributed by atoms with Crippen LogP contribution in [0.4, 0.5) is 0 Å². The minimum atomic E-state index is -2.91. The highest BCUT2D eigenvalue weighted by Gasteiger charge is 2.38. The Morgan fingerprint density at radius 2 is 0.825 bits per heavy atom. The van der Waals surface area contributed by atoms with Gasteiger partial charge in [-0.3, -0.25) is 9.13 Å². The molecule has 1 atom stereocenters. The predicted molar refractivity (Wildman–Crippen MR) is 232 cm³/mol. The molecule has 5 nitrogen and oxygen atoms in total. The zero-order chi connectivity index (χ0) is 63.0. The molecule has 0 aliphatic rings. The minimum absolute atomic E-state index is 0.243. The van der Waals surface area contributed by atoms with Crippen LogP contribution in [0.25, 0.3) is 66.9 Å². The quantitative estimate of drug-likeness (QED) is 0.152. The van der Waals surface area contributed by atoms with Crippen LogP contribution in [0.2, 0.25) is 0 Å². The van der Waals surface area contributed by atoms with Crippen LogP contribution < -0.4 is 0 Å². The summed E-state index contributed by atoms with van der Waals surface area (Å²) >= 11 is 0. The van der Waals surface area contributed by atoms with E-state index >= 15 is 0 Å². The third-order valence-electron chi connectivity index (χ3n) is 9.33. The van der Waals surface area contributed by atoms with Crippen molar-refractivity contribution in [1.82, 2.24) is 24.1 Å². The molecule has 0 spiro atoms. The first-order chi connectivity index (χ1) is 40.3. The van der Waals surface area contributed by atoms with E-state index in [1.54, 1.807) is 0 Å². The fourth-order valence-corrected chi connectivity index (χ4v) is 7.00. The molecule has 0 N–H and O–H groups in total. The molecule has 0 amide bonds. The van der Waals surface area contributed by atoms with Crippen LogP contribution in [0.15, 0.2) is 212 Å². The van der Waals surface area contributed by atoms with Crippen molar-refractivity contribution in [2.24, 2.45) is 0 Å². The Labute approximate surface area is 370 Å². The molecule has 57 heavy (non-hydrogen) atoms. The van der Waals surface area contributed by atoms with E-state index in [4.69, 9.17) is 24.7 Å². The van der Waals surface area contributed by atoms with Gasteiger partial charge in [-0.2, -0.15) is 15.0 Å². The van der Waals surface area contributed by atoms with Crippen LogP contribution >= 0.6 is 0 Å². The van der Waals surface area contributed by atoms with Gasteiger partial charge in [0.25, 0.3) is 0 Å². The van der Waals surface area contributed by atoms with Gasteiger partial charge in [-0.15, -0.1) is 0 Å². The summed E-state index contributed by atoms with van der Waals surface area (Å²) in [6, 6.07) is -19.5. The number of benzene rings is 8. The molecule has 0 bridgehead atoms. The van der Waals surface area contributed by atoms with E-state index in [2.05, 4.69) is 15.0 Å². The first kappa shape index (κ1) is 14.8. The van der Waals surface area contributed by atoms with E-state index in [0.29, 0.717) is 0 Å². The molecule has 11 rings (SSSR count). The van der Waals surface area contributed by atoms with Crippen LogP contribution in [-0.2, 0) is 5.41 Å². The first-order valence-electron chi connectivity index (χ1n) is 31.4. The first-order valence-corrected chi connectivity index (χ1v) is 16.9. The van der Waals surface area contributed by atoms with Gasteiger partial charge in [-0.25, -0.2) is 0 Å².